The van der Waals surface area contributed by atoms with Crippen LogP contribution >= 0.6 is 0 Å². The minimum absolute atomic E-state index is 0.263. The van der Waals surface area contributed by atoms with E-state index in [0.717, 1.165) is 6.42 Å². The molecule has 1 aromatic carbocycles. The third kappa shape index (κ3) is 3.87. The quantitative estimate of drug-likeness (QED) is 0.523. The molecule has 0 aromatic heterocycles. The molecule has 0 heterocycles. The van der Waals surface area contributed by atoms with Gasteiger partial charge in [-0.1, -0.05) is 36.9 Å². The minimum atomic E-state index is 0.263. The van der Waals surface area contributed by atoms with Gasteiger partial charge in [-0.2, -0.15) is 0 Å². The molecule has 0 saturated carbocycles. The molecule has 0 radical (unpaired) electrons. The normalized spacial score (nSPS) is 12.4. The highest BCUT2D eigenvalue weighted by atomic mass is 16.5. The summed E-state index contributed by atoms with van der Waals surface area (Å²) in [4.78, 5) is 0. The Hall–Kier alpha value is -1.12. The van der Waals surface area contributed by atoms with Crippen LogP contribution in [0.1, 0.15) is 5.56 Å². The van der Waals surface area contributed by atoms with E-state index in [1.165, 1.54) is 5.56 Å². The van der Waals surface area contributed by atoms with E-state index in [1.807, 2.05) is 30.3 Å². The first kappa shape index (κ1) is 9.96. The van der Waals surface area contributed by atoms with Crippen molar-refractivity contribution in [2.24, 2.45) is 0 Å². The molecule has 2 nitrogen and oxygen atoms in total. The van der Waals surface area contributed by atoms with Gasteiger partial charge in [-0.15, -0.1) is 0 Å². The second-order valence-corrected chi connectivity index (χ2v) is 3.02. The maximum absolute atomic E-state index is 11.1. The summed E-state index contributed by atoms with van der Waals surface area (Å²) in [5.74, 6) is 0. The molecule has 0 fully saturated rings. The molecule has 1 aromatic rings. The Morgan fingerprint density at radius 3 is 2.62 bits per heavy atom. The lowest BCUT2D eigenvalue weighted by Crippen LogP contribution is -3.07. The Morgan fingerprint density at radius 2 is 2.00 bits per heavy atom. The van der Waals surface area contributed by atoms with Crippen LogP contribution < -0.4 is 5.06 Å². The molecule has 70 valence electrons. The third-order valence-electron chi connectivity index (χ3n) is 1.91. The summed E-state index contributed by atoms with van der Waals surface area (Å²) in [6.45, 7) is 4.65. The smallest absolute Gasteiger partial charge is 0.0952 e. The summed E-state index contributed by atoms with van der Waals surface area (Å²) in [7, 11) is 0. The number of nitrogens with one attached hydrogen (secondary N) is 1. The Bertz CT molecular complexity index is 246. The van der Waals surface area contributed by atoms with Crippen LogP contribution in [0.3, 0.4) is 0 Å². The van der Waals surface area contributed by atoms with Crippen molar-refractivity contribution in [1.82, 2.24) is 0 Å². The first-order chi connectivity index (χ1) is 6.33. The van der Waals surface area contributed by atoms with Gasteiger partial charge in [0, 0.05) is 6.42 Å². The van der Waals surface area contributed by atoms with Gasteiger partial charge in [-0.05, 0) is 11.6 Å². The van der Waals surface area contributed by atoms with E-state index in [2.05, 4.69) is 6.58 Å². The van der Waals surface area contributed by atoms with Crippen molar-refractivity contribution < 1.29 is 5.06 Å². The molecule has 2 heteroatoms. The third-order valence-corrected chi connectivity index (χ3v) is 1.91. The van der Waals surface area contributed by atoms with E-state index in [1.54, 1.807) is 6.08 Å². The van der Waals surface area contributed by atoms with E-state index in [9.17, 15) is 5.21 Å². The zero-order valence-corrected chi connectivity index (χ0v) is 7.70. The second-order valence-electron chi connectivity index (χ2n) is 3.02. The highest BCUT2D eigenvalue weighted by molar-refractivity contribution is 5.14. The lowest BCUT2D eigenvalue weighted by atomic mass is 10.1. The molecule has 1 atom stereocenters. The van der Waals surface area contributed by atoms with Crippen LogP contribution in [-0.2, 0) is 6.42 Å². The van der Waals surface area contributed by atoms with Crippen LogP contribution in [0, 0.1) is 5.21 Å². The van der Waals surface area contributed by atoms with Crippen molar-refractivity contribution in [2.75, 3.05) is 13.1 Å². The van der Waals surface area contributed by atoms with Crippen molar-refractivity contribution in [2.45, 2.75) is 6.42 Å². The lowest BCUT2D eigenvalue weighted by molar-refractivity contribution is -0.841. The van der Waals surface area contributed by atoms with Gasteiger partial charge in [0.2, 0.25) is 0 Å². The van der Waals surface area contributed by atoms with Crippen LogP contribution in [0.15, 0.2) is 43.0 Å². The number of hydroxylamine groups is 2. The molecule has 1 unspecified atom stereocenters. The van der Waals surface area contributed by atoms with Gasteiger partial charge in [-0.25, -0.2) is 0 Å². The van der Waals surface area contributed by atoms with E-state index < -0.39 is 0 Å². The Balaban J connectivity index is 2.30. The zero-order chi connectivity index (χ0) is 9.52. The molecule has 1 rings (SSSR count). The van der Waals surface area contributed by atoms with E-state index in [0.29, 0.717) is 13.1 Å². The average molecular weight is 177 g/mol. The number of rotatable bonds is 5. The topological polar surface area (TPSA) is 27.5 Å². The monoisotopic (exact) mass is 177 g/mol. The maximum atomic E-state index is 11.1. The summed E-state index contributed by atoms with van der Waals surface area (Å²) in [6.07, 6.45) is 2.50. The van der Waals surface area contributed by atoms with Crippen LogP contribution in [0.4, 0.5) is 0 Å². The zero-order valence-electron chi connectivity index (χ0n) is 7.70. The molecule has 0 spiro atoms. The lowest BCUT2D eigenvalue weighted by Gasteiger charge is -2.20. The summed E-state index contributed by atoms with van der Waals surface area (Å²) < 4.78 is 0. The van der Waals surface area contributed by atoms with Crippen LogP contribution in [-0.4, -0.2) is 13.1 Å². The Morgan fingerprint density at radius 1 is 1.31 bits per heavy atom. The fraction of sp³-hybridized carbons (Fsp3) is 0.273. The van der Waals surface area contributed by atoms with Crippen molar-refractivity contribution in [3.8, 4) is 0 Å². The Labute approximate surface area is 79.1 Å². The van der Waals surface area contributed by atoms with Crippen LogP contribution in [0.2, 0.25) is 0 Å². The number of benzene rings is 1. The highest BCUT2D eigenvalue weighted by Crippen LogP contribution is 1.97. The number of hydrogen-bond acceptors (Lipinski definition) is 1. The first-order valence-electron chi connectivity index (χ1n) is 4.49. The molecular weight excluding hydrogens is 162 g/mol. The molecule has 0 aliphatic rings. The summed E-state index contributed by atoms with van der Waals surface area (Å²) in [5.41, 5.74) is 1.22. The summed E-state index contributed by atoms with van der Waals surface area (Å²) in [5, 5.41) is 11.4. The number of quaternary nitrogens is 1. The standard InChI is InChI=1S/C11H15NO/c1-2-9-12(13)10-8-11-6-4-3-5-7-11/h2-7,12H,1,8-10H2. The molecule has 0 aliphatic heterocycles. The van der Waals surface area contributed by atoms with Gasteiger partial charge in [-0.3, -0.25) is 0 Å². The van der Waals surface area contributed by atoms with E-state index in [4.69, 9.17) is 0 Å². The van der Waals surface area contributed by atoms with Gasteiger partial charge in [0.05, 0.1) is 13.1 Å². The van der Waals surface area contributed by atoms with Crippen molar-refractivity contribution >= 4 is 0 Å². The summed E-state index contributed by atoms with van der Waals surface area (Å²) >= 11 is 0. The predicted molar refractivity (Wildman–Crippen MR) is 54.4 cm³/mol. The molecule has 0 saturated heterocycles. The molecule has 0 amide bonds. The van der Waals surface area contributed by atoms with Crippen LogP contribution in [0.25, 0.3) is 0 Å². The van der Waals surface area contributed by atoms with Crippen molar-refractivity contribution in [1.29, 1.82) is 0 Å². The SMILES string of the molecule is C=CC[NH+]([O-])CCc1ccccc1. The van der Waals surface area contributed by atoms with Gasteiger partial charge in [0.25, 0.3) is 0 Å². The van der Waals surface area contributed by atoms with Crippen LogP contribution in [0.5, 0.6) is 0 Å². The molecule has 0 bridgehead atoms. The molecule has 0 aliphatic carbocycles. The summed E-state index contributed by atoms with van der Waals surface area (Å²) in [6, 6.07) is 10.1. The fourth-order valence-electron chi connectivity index (χ4n) is 1.19. The average Bonchev–Trinajstić information content (AvgIpc) is 2.17. The maximum Gasteiger partial charge on any atom is 0.0952 e. The minimum Gasteiger partial charge on any atom is -0.634 e. The van der Waals surface area contributed by atoms with Gasteiger partial charge in [0.15, 0.2) is 0 Å². The largest absolute Gasteiger partial charge is 0.634 e. The highest BCUT2D eigenvalue weighted by Gasteiger charge is 1.95. The van der Waals surface area contributed by atoms with E-state index in [-0.39, 0.29) is 5.06 Å². The second kappa shape index (κ2) is 5.51. The van der Waals surface area contributed by atoms with E-state index >= 15 is 0 Å². The predicted octanol–water partition coefficient (Wildman–Crippen LogP) is 0.798. The Kier molecular flexibility index (Phi) is 4.23. The fourth-order valence-corrected chi connectivity index (χ4v) is 1.19. The van der Waals surface area contributed by atoms with Gasteiger partial charge in [0.1, 0.15) is 0 Å². The molecular formula is C11H15NO. The molecule has 1 N–H and O–H groups in total. The van der Waals surface area contributed by atoms with Gasteiger partial charge < -0.3 is 10.3 Å². The first-order valence-corrected chi connectivity index (χ1v) is 4.49. The number of hydrogen-bond donors (Lipinski definition) is 1. The van der Waals surface area contributed by atoms with Crippen molar-refractivity contribution in [3.63, 3.8) is 0 Å². The van der Waals surface area contributed by atoms with Gasteiger partial charge >= 0.3 is 0 Å². The van der Waals surface area contributed by atoms with Crippen molar-refractivity contribution in [3.05, 3.63) is 53.8 Å². The molecule has 13 heavy (non-hydrogen) atoms.